The van der Waals surface area contributed by atoms with E-state index in [1.54, 1.807) is 12.4 Å². The van der Waals surface area contributed by atoms with E-state index in [9.17, 15) is 0 Å². The number of benzene rings is 1. The Morgan fingerprint density at radius 1 is 1.10 bits per heavy atom. The highest BCUT2D eigenvalue weighted by Crippen LogP contribution is 2.27. The summed E-state index contributed by atoms with van der Waals surface area (Å²) in [5.74, 6) is 0. The zero-order valence-electron chi connectivity index (χ0n) is 12.0. The van der Waals surface area contributed by atoms with Gasteiger partial charge in [-0.05, 0) is 47.9 Å². The summed E-state index contributed by atoms with van der Waals surface area (Å²) in [6, 6.07) is 12.1. The fourth-order valence-corrected chi connectivity index (χ4v) is 2.49. The molecule has 102 valence electrons. The summed E-state index contributed by atoms with van der Waals surface area (Å²) in [5.41, 5.74) is 6.15. The van der Waals surface area contributed by atoms with E-state index in [1.807, 2.05) is 37.3 Å². The van der Waals surface area contributed by atoms with E-state index in [1.165, 1.54) is 0 Å². The SMILES string of the molecule is C=Cc1ccnc2ccc(C(=C)c3cccnc3C)cc12. The number of pyridine rings is 2. The van der Waals surface area contributed by atoms with Gasteiger partial charge in [-0.2, -0.15) is 0 Å². The molecule has 0 radical (unpaired) electrons. The molecule has 0 atom stereocenters. The molecule has 0 spiro atoms. The minimum atomic E-state index is 0.965. The monoisotopic (exact) mass is 272 g/mol. The molecule has 21 heavy (non-hydrogen) atoms. The molecule has 0 aliphatic rings. The van der Waals surface area contributed by atoms with Crippen LogP contribution in [0.5, 0.6) is 0 Å². The van der Waals surface area contributed by atoms with Gasteiger partial charge in [0.1, 0.15) is 0 Å². The van der Waals surface area contributed by atoms with Crippen LogP contribution in [0.1, 0.15) is 22.4 Å². The van der Waals surface area contributed by atoms with Crippen molar-refractivity contribution in [3.63, 3.8) is 0 Å². The Bertz CT molecular complexity index is 847. The van der Waals surface area contributed by atoms with Crippen LogP contribution in [0.15, 0.2) is 61.9 Å². The first-order valence-electron chi connectivity index (χ1n) is 6.83. The predicted molar refractivity (Wildman–Crippen MR) is 88.9 cm³/mol. The van der Waals surface area contributed by atoms with Crippen molar-refractivity contribution in [1.82, 2.24) is 9.97 Å². The molecule has 0 amide bonds. The molecule has 0 unspecified atom stereocenters. The molecule has 0 aliphatic heterocycles. The van der Waals surface area contributed by atoms with Crippen LogP contribution in [0.3, 0.4) is 0 Å². The Labute approximate surface area is 124 Å². The van der Waals surface area contributed by atoms with Crippen molar-refractivity contribution in [3.8, 4) is 0 Å². The highest BCUT2D eigenvalue weighted by Gasteiger charge is 2.08. The summed E-state index contributed by atoms with van der Waals surface area (Å²) >= 11 is 0. The number of fused-ring (bicyclic) bond motifs is 1. The summed E-state index contributed by atoms with van der Waals surface area (Å²) in [4.78, 5) is 8.72. The number of aromatic nitrogens is 2. The van der Waals surface area contributed by atoms with Crippen molar-refractivity contribution >= 4 is 22.6 Å². The first kappa shape index (κ1) is 13.3. The van der Waals surface area contributed by atoms with Gasteiger partial charge in [0.25, 0.3) is 0 Å². The summed E-state index contributed by atoms with van der Waals surface area (Å²) in [7, 11) is 0. The maximum atomic E-state index is 4.39. The molecule has 3 aromatic rings. The lowest BCUT2D eigenvalue weighted by Crippen LogP contribution is -1.93. The fraction of sp³-hybridized carbons (Fsp3) is 0.0526. The van der Waals surface area contributed by atoms with Crippen molar-refractivity contribution in [1.29, 1.82) is 0 Å². The van der Waals surface area contributed by atoms with Crippen LogP contribution in [0.4, 0.5) is 0 Å². The second-order valence-corrected chi connectivity index (χ2v) is 4.95. The molecule has 0 fully saturated rings. The fourth-order valence-electron chi connectivity index (χ4n) is 2.49. The first-order chi connectivity index (χ1) is 10.2. The molecular formula is C19H16N2. The molecule has 0 saturated carbocycles. The van der Waals surface area contributed by atoms with Crippen LogP contribution in [0.2, 0.25) is 0 Å². The number of hydrogen-bond acceptors (Lipinski definition) is 2. The molecule has 0 N–H and O–H groups in total. The van der Waals surface area contributed by atoms with Gasteiger partial charge < -0.3 is 0 Å². The van der Waals surface area contributed by atoms with E-state index in [2.05, 4.69) is 35.3 Å². The average molecular weight is 272 g/mol. The molecule has 2 heteroatoms. The zero-order valence-corrected chi connectivity index (χ0v) is 12.0. The molecule has 1 aromatic carbocycles. The third kappa shape index (κ3) is 2.36. The smallest absolute Gasteiger partial charge is 0.0708 e. The lowest BCUT2D eigenvalue weighted by molar-refractivity contribution is 1.18. The summed E-state index contributed by atoms with van der Waals surface area (Å²) in [6.45, 7) is 10.1. The van der Waals surface area contributed by atoms with Crippen molar-refractivity contribution in [2.45, 2.75) is 6.92 Å². The van der Waals surface area contributed by atoms with Crippen LogP contribution in [-0.4, -0.2) is 9.97 Å². The molecule has 2 aromatic heterocycles. The van der Waals surface area contributed by atoms with Crippen molar-refractivity contribution in [3.05, 3.63) is 84.3 Å². The van der Waals surface area contributed by atoms with Crippen LogP contribution < -0.4 is 0 Å². The maximum Gasteiger partial charge on any atom is 0.0708 e. The second-order valence-electron chi connectivity index (χ2n) is 4.95. The Balaban J connectivity index is 2.15. The number of hydrogen-bond donors (Lipinski definition) is 0. The van der Waals surface area contributed by atoms with E-state index in [-0.39, 0.29) is 0 Å². The van der Waals surface area contributed by atoms with Gasteiger partial charge in [0.15, 0.2) is 0 Å². The third-order valence-corrected chi connectivity index (χ3v) is 3.68. The zero-order chi connectivity index (χ0) is 14.8. The maximum absolute atomic E-state index is 4.39. The van der Waals surface area contributed by atoms with Crippen molar-refractivity contribution in [2.24, 2.45) is 0 Å². The van der Waals surface area contributed by atoms with E-state index in [0.29, 0.717) is 0 Å². The van der Waals surface area contributed by atoms with Crippen LogP contribution in [0.25, 0.3) is 22.6 Å². The van der Waals surface area contributed by atoms with Crippen LogP contribution in [0, 0.1) is 6.92 Å². The van der Waals surface area contributed by atoms with E-state index < -0.39 is 0 Å². The third-order valence-electron chi connectivity index (χ3n) is 3.68. The number of nitrogens with zero attached hydrogens (tertiary/aromatic N) is 2. The Hall–Kier alpha value is -2.74. The molecule has 2 heterocycles. The average Bonchev–Trinajstić information content (AvgIpc) is 2.53. The van der Waals surface area contributed by atoms with Gasteiger partial charge in [-0.1, -0.05) is 31.4 Å². The molecule has 2 nitrogen and oxygen atoms in total. The predicted octanol–water partition coefficient (Wildman–Crippen LogP) is 4.64. The van der Waals surface area contributed by atoms with Gasteiger partial charge in [-0.15, -0.1) is 0 Å². The van der Waals surface area contributed by atoms with Crippen molar-refractivity contribution in [2.75, 3.05) is 0 Å². The van der Waals surface area contributed by atoms with Crippen molar-refractivity contribution < 1.29 is 0 Å². The Morgan fingerprint density at radius 2 is 1.95 bits per heavy atom. The van der Waals surface area contributed by atoms with Crippen LogP contribution in [-0.2, 0) is 0 Å². The normalized spacial score (nSPS) is 10.5. The minimum absolute atomic E-state index is 0.965. The number of aryl methyl sites for hydroxylation is 1. The topological polar surface area (TPSA) is 25.8 Å². The lowest BCUT2D eigenvalue weighted by atomic mass is 9.96. The highest BCUT2D eigenvalue weighted by atomic mass is 14.7. The van der Waals surface area contributed by atoms with Gasteiger partial charge in [-0.25, -0.2) is 0 Å². The van der Waals surface area contributed by atoms with E-state index >= 15 is 0 Å². The lowest BCUT2D eigenvalue weighted by Gasteiger charge is -2.10. The van der Waals surface area contributed by atoms with Gasteiger partial charge in [0.05, 0.1) is 5.52 Å². The number of rotatable bonds is 3. The Kier molecular flexibility index (Phi) is 3.36. The molecule has 0 bridgehead atoms. The van der Waals surface area contributed by atoms with Gasteiger partial charge >= 0.3 is 0 Å². The van der Waals surface area contributed by atoms with E-state index in [4.69, 9.17) is 0 Å². The standard InChI is InChI=1S/C19H16N2/c1-4-15-9-11-21-19-8-7-16(12-18(15)19)13(2)17-6-5-10-20-14(17)3/h4-12H,1-2H2,3H3. The Morgan fingerprint density at radius 3 is 2.71 bits per heavy atom. The minimum Gasteiger partial charge on any atom is -0.261 e. The largest absolute Gasteiger partial charge is 0.261 e. The summed E-state index contributed by atoms with van der Waals surface area (Å²) < 4.78 is 0. The van der Waals surface area contributed by atoms with Crippen LogP contribution >= 0.6 is 0 Å². The molecular weight excluding hydrogens is 256 g/mol. The highest BCUT2D eigenvalue weighted by molar-refractivity contribution is 5.92. The quantitative estimate of drug-likeness (QED) is 0.694. The summed E-state index contributed by atoms with van der Waals surface area (Å²) in [5, 5.41) is 1.09. The van der Waals surface area contributed by atoms with Gasteiger partial charge in [0, 0.05) is 29.0 Å². The summed E-state index contributed by atoms with van der Waals surface area (Å²) in [6.07, 6.45) is 5.46. The van der Waals surface area contributed by atoms with Gasteiger partial charge in [0.2, 0.25) is 0 Å². The van der Waals surface area contributed by atoms with Gasteiger partial charge in [-0.3, -0.25) is 9.97 Å². The molecule has 3 rings (SSSR count). The van der Waals surface area contributed by atoms with E-state index in [0.717, 1.165) is 38.9 Å². The molecule has 0 saturated heterocycles. The first-order valence-corrected chi connectivity index (χ1v) is 6.83. The molecule has 0 aliphatic carbocycles. The second kappa shape index (κ2) is 5.33.